The van der Waals surface area contributed by atoms with E-state index in [0.717, 1.165) is 6.07 Å². The predicted octanol–water partition coefficient (Wildman–Crippen LogP) is 2.86. The Balaban J connectivity index is 1.99. The summed E-state index contributed by atoms with van der Waals surface area (Å²) in [6, 6.07) is 10.2. The molecular weight excluding hydrogens is 347 g/mol. The summed E-state index contributed by atoms with van der Waals surface area (Å²) in [5.74, 6) is 1.08. The molecule has 0 saturated carbocycles. The molecular formula is C18H14ClFN2O3. The van der Waals surface area contributed by atoms with Gasteiger partial charge in [-0.3, -0.25) is 9.59 Å². The first-order chi connectivity index (χ1) is 12.0. The van der Waals surface area contributed by atoms with Crippen LogP contribution in [-0.2, 0) is 4.79 Å². The Morgan fingerprint density at radius 1 is 1.24 bits per heavy atom. The number of anilines is 1. The van der Waals surface area contributed by atoms with Gasteiger partial charge < -0.3 is 15.4 Å². The Labute approximate surface area is 149 Å². The number of nitrogens with one attached hydrogen (secondary N) is 2. The Bertz CT molecular complexity index is 833. The first kappa shape index (κ1) is 18.3. The van der Waals surface area contributed by atoms with Crippen molar-refractivity contribution in [1.29, 1.82) is 0 Å². The number of rotatable bonds is 6. The molecule has 2 aromatic rings. The van der Waals surface area contributed by atoms with Gasteiger partial charge in [0.05, 0.1) is 22.8 Å². The summed E-state index contributed by atoms with van der Waals surface area (Å²) in [4.78, 5) is 24.0. The highest BCUT2D eigenvalue weighted by molar-refractivity contribution is 6.30. The van der Waals surface area contributed by atoms with E-state index in [1.807, 2.05) is 0 Å². The van der Waals surface area contributed by atoms with Crippen LogP contribution < -0.4 is 15.4 Å². The van der Waals surface area contributed by atoms with Crippen LogP contribution in [0, 0.1) is 18.2 Å². The van der Waals surface area contributed by atoms with Gasteiger partial charge in [-0.2, -0.15) is 0 Å². The predicted molar refractivity (Wildman–Crippen MR) is 93.1 cm³/mol. The van der Waals surface area contributed by atoms with Crippen LogP contribution in [0.25, 0.3) is 0 Å². The van der Waals surface area contributed by atoms with E-state index in [1.165, 1.54) is 12.1 Å². The van der Waals surface area contributed by atoms with Crippen molar-refractivity contribution < 1.29 is 18.7 Å². The van der Waals surface area contributed by atoms with Crippen molar-refractivity contribution in [1.82, 2.24) is 5.32 Å². The number of hydrogen-bond donors (Lipinski definition) is 2. The number of terminal acetylenes is 1. The second kappa shape index (κ2) is 8.71. The topological polar surface area (TPSA) is 67.4 Å². The molecule has 0 radical (unpaired) electrons. The van der Waals surface area contributed by atoms with Crippen LogP contribution in [0.4, 0.5) is 10.1 Å². The number of halogens is 2. The Hall–Kier alpha value is -3.04. The zero-order chi connectivity index (χ0) is 18.2. The normalized spacial score (nSPS) is 9.80. The van der Waals surface area contributed by atoms with Crippen molar-refractivity contribution in [3.8, 4) is 18.1 Å². The van der Waals surface area contributed by atoms with Crippen molar-refractivity contribution >= 4 is 29.1 Å². The van der Waals surface area contributed by atoms with Crippen LogP contribution in [0.5, 0.6) is 5.75 Å². The van der Waals surface area contributed by atoms with Gasteiger partial charge in [0.15, 0.2) is 6.61 Å². The molecule has 2 N–H and O–H groups in total. The number of para-hydroxylation sites is 1. The number of ether oxygens (including phenoxy) is 1. The van der Waals surface area contributed by atoms with E-state index >= 15 is 0 Å². The lowest BCUT2D eigenvalue weighted by Gasteiger charge is -2.11. The summed E-state index contributed by atoms with van der Waals surface area (Å²) in [7, 11) is 0. The van der Waals surface area contributed by atoms with Crippen LogP contribution in [0.3, 0.4) is 0 Å². The molecule has 0 heterocycles. The van der Waals surface area contributed by atoms with Crippen molar-refractivity contribution in [2.45, 2.75) is 0 Å². The fourth-order valence-corrected chi connectivity index (χ4v) is 2.09. The maximum Gasteiger partial charge on any atom is 0.262 e. The summed E-state index contributed by atoms with van der Waals surface area (Å²) in [6.07, 6.45) is 5.10. The molecule has 0 aliphatic rings. The standard InChI is InChI=1S/C18H14ClFN2O3/c1-2-9-21-18(24)13-5-3-4-6-16(13)22-17(23)11-25-12-7-8-15(20)14(19)10-12/h1,3-8,10H,9,11H2,(H,21,24)(H,22,23). The third kappa shape index (κ3) is 5.23. The maximum absolute atomic E-state index is 13.1. The second-order valence-corrected chi connectivity index (χ2v) is 5.25. The molecule has 0 unspecified atom stereocenters. The minimum absolute atomic E-state index is 0.0789. The highest BCUT2D eigenvalue weighted by atomic mass is 35.5. The molecule has 0 saturated heterocycles. The van der Waals surface area contributed by atoms with Gasteiger partial charge in [-0.15, -0.1) is 6.42 Å². The van der Waals surface area contributed by atoms with Crippen molar-refractivity contribution in [3.63, 3.8) is 0 Å². The number of hydrogen-bond acceptors (Lipinski definition) is 3. The first-order valence-corrected chi connectivity index (χ1v) is 7.57. The van der Waals surface area contributed by atoms with Crippen LogP contribution in [0.1, 0.15) is 10.4 Å². The summed E-state index contributed by atoms with van der Waals surface area (Å²) < 4.78 is 18.3. The van der Waals surface area contributed by atoms with E-state index in [4.69, 9.17) is 22.8 Å². The van der Waals surface area contributed by atoms with E-state index in [1.54, 1.807) is 24.3 Å². The Morgan fingerprint density at radius 2 is 2.00 bits per heavy atom. The van der Waals surface area contributed by atoms with Crippen molar-refractivity contribution in [2.75, 3.05) is 18.5 Å². The molecule has 2 amide bonds. The van der Waals surface area contributed by atoms with Gasteiger partial charge in [-0.05, 0) is 24.3 Å². The summed E-state index contributed by atoms with van der Waals surface area (Å²) >= 11 is 5.64. The number of benzene rings is 2. The summed E-state index contributed by atoms with van der Waals surface area (Å²) in [5, 5.41) is 5.00. The Kier molecular flexibility index (Phi) is 6.38. The van der Waals surface area contributed by atoms with E-state index in [0.29, 0.717) is 5.69 Å². The van der Waals surface area contributed by atoms with Crippen LogP contribution in [0.2, 0.25) is 5.02 Å². The first-order valence-electron chi connectivity index (χ1n) is 7.19. The smallest absolute Gasteiger partial charge is 0.262 e. The maximum atomic E-state index is 13.1. The van der Waals surface area contributed by atoms with Gasteiger partial charge in [-0.1, -0.05) is 29.7 Å². The van der Waals surface area contributed by atoms with Crippen LogP contribution in [0.15, 0.2) is 42.5 Å². The fourth-order valence-electron chi connectivity index (χ4n) is 1.92. The van der Waals surface area contributed by atoms with E-state index in [9.17, 15) is 14.0 Å². The van der Waals surface area contributed by atoms with Crippen LogP contribution in [-0.4, -0.2) is 25.0 Å². The molecule has 0 fully saturated rings. The molecule has 0 spiro atoms. The SMILES string of the molecule is C#CCNC(=O)c1ccccc1NC(=O)COc1ccc(F)c(Cl)c1. The summed E-state index contributed by atoms with van der Waals surface area (Å²) in [6.45, 7) is -0.252. The molecule has 2 aromatic carbocycles. The molecule has 0 aliphatic carbocycles. The third-order valence-electron chi connectivity index (χ3n) is 3.06. The van der Waals surface area contributed by atoms with Gasteiger partial charge in [-0.25, -0.2) is 4.39 Å². The molecule has 0 aromatic heterocycles. The second-order valence-electron chi connectivity index (χ2n) is 4.85. The molecule has 7 heteroatoms. The monoisotopic (exact) mass is 360 g/mol. The lowest BCUT2D eigenvalue weighted by atomic mass is 10.1. The fraction of sp³-hybridized carbons (Fsp3) is 0.111. The molecule has 0 bridgehead atoms. The summed E-state index contributed by atoms with van der Waals surface area (Å²) in [5.41, 5.74) is 0.596. The van der Waals surface area contributed by atoms with E-state index < -0.39 is 17.6 Å². The number of carbonyl (C=O) groups is 2. The van der Waals surface area contributed by atoms with Gasteiger partial charge in [0.1, 0.15) is 11.6 Å². The largest absolute Gasteiger partial charge is 0.484 e. The number of carbonyl (C=O) groups excluding carboxylic acids is 2. The lowest BCUT2D eigenvalue weighted by molar-refractivity contribution is -0.118. The number of amides is 2. The third-order valence-corrected chi connectivity index (χ3v) is 3.35. The Morgan fingerprint density at radius 3 is 2.72 bits per heavy atom. The van der Waals surface area contributed by atoms with E-state index in [-0.39, 0.29) is 29.5 Å². The lowest BCUT2D eigenvalue weighted by Crippen LogP contribution is -2.26. The molecule has 5 nitrogen and oxygen atoms in total. The molecule has 2 rings (SSSR count). The zero-order valence-corrected chi connectivity index (χ0v) is 13.8. The quantitative estimate of drug-likeness (QED) is 0.778. The molecule has 25 heavy (non-hydrogen) atoms. The van der Waals surface area contributed by atoms with Crippen LogP contribution >= 0.6 is 11.6 Å². The van der Waals surface area contributed by atoms with E-state index in [2.05, 4.69) is 16.6 Å². The average Bonchev–Trinajstić information content (AvgIpc) is 2.61. The minimum Gasteiger partial charge on any atom is -0.484 e. The van der Waals surface area contributed by atoms with Gasteiger partial charge in [0.25, 0.3) is 11.8 Å². The van der Waals surface area contributed by atoms with Gasteiger partial charge in [0.2, 0.25) is 0 Å². The van der Waals surface area contributed by atoms with Gasteiger partial charge in [0, 0.05) is 6.07 Å². The highest BCUT2D eigenvalue weighted by Gasteiger charge is 2.13. The highest BCUT2D eigenvalue weighted by Crippen LogP contribution is 2.21. The zero-order valence-electron chi connectivity index (χ0n) is 13.0. The average molecular weight is 361 g/mol. The van der Waals surface area contributed by atoms with Gasteiger partial charge >= 0.3 is 0 Å². The molecule has 0 aliphatic heterocycles. The minimum atomic E-state index is -0.578. The molecule has 0 atom stereocenters. The van der Waals surface area contributed by atoms with Crippen molar-refractivity contribution in [3.05, 3.63) is 58.9 Å². The molecule has 128 valence electrons. The van der Waals surface area contributed by atoms with Crippen molar-refractivity contribution in [2.24, 2.45) is 0 Å².